The van der Waals surface area contributed by atoms with Crippen LogP contribution in [0.3, 0.4) is 0 Å². The van der Waals surface area contributed by atoms with Crippen LogP contribution in [0.1, 0.15) is 24.1 Å². The monoisotopic (exact) mass is 253 g/mol. The molecule has 2 unspecified atom stereocenters. The molecule has 0 aliphatic carbocycles. The Labute approximate surface area is 103 Å². The van der Waals surface area contributed by atoms with Crippen LogP contribution in [0.2, 0.25) is 0 Å². The fourth-order valence-corrected chi connectivity index (χ4v) is 4.32. The SMILES string of the molecule is Cc1ccccc1C1CS(=O)(=O)CC(C)CN1. The third kappa shape index (κ3) is 3.07. The van der Waals surface area contributed by atoms with E-state index in [0.717, 1.165) is 17.7 Å². The van der Waals surface area contributed by atoms with Crippen molar-refractivity contribution in [1.82, 2.24) is 5.32 Å². The lowest BCUT2D eigenvalue weighted by Gasteiger charge is -2.18. The second-order valence-corrected chi connectivity index (χ2v) is 7.15. The normalized spacial score (nSPS) is 28.6. The van der Waals surface area contributed by atoms with Crippen LogP contribution < -0.4 is 5.32 Å². The number of hydrogen-bond acceptors (Lipinski definition) is 3. The van der Waals surface area contributed by atoms with Crippen molar-refractivity contribution in [2.45, 2.75) is 19.9 Å². The first-order valence-corrected chi connectivity index (χ1v) is 7.79. The fraction of sp³-hybridized carbons (Fsp3) is 0.538. The van der Waals surface area contributed by atoms with Crippen molar-refractivity contribution in [3.63, 3.8) is 0 Å². The minimum absolute atomic E-state index is 0.0638. The van der Waals surface area contributed by atoms with E-state index in [1.165, 1.54) is 0 Å². The van der Waals surface area contributed by atoms with Crippen molar-refractivity contribution in [3.8, 4) is 0 Å². The zero-order chi connectivity index (χ0) is 12.5. The molecule has 2 rings (SSSR count). The first-order chi connectivity index (χ1) is 7.98. The number of nitrogens with one attached hydrogen (secondary N) is 1. The Balaban J connectivity index is 2.30. The molecule has 1 fully saturated rings. The van der Waals surface area contributed by atoms with Crippen molar-refractivity contribution in [2.24, 2.45) is 5.92 Å². The molecule has 3 nitrogen and oxygen atoms in total. The van der Waals surface area contributed by atoms with Crippen molar-refractivity contribution in [3.05, 3.63) is 35.4 Å². The molecule has 0 saturated carbocycles. The van der Waals surface area contributed by atoms with E-state index in [9.17, 15) is 8.42 Å². The lowest BCUT2D eigenvalue weighted by Crippen LogP contribution is -2.26. The molecule has 0 spiro atoms. The number of rotatable bonds is 1. The largest absolute Gasteiger partial charge is 0.309 e. The molecule has 0 aromatic heterocycles. The topological polar surface area (TPSA) is 46.2 Å². The smallest absolute Gasteiger partial charge is 0.152 e. The van der Waals surface area contributed by atoms with Gasteiger partial charge in [0.2, 0.25) is 0 Å². The molecule has 0 radical (unpaired) electrons. The van der Waals surface area contributed by atoms with Gasteiger partial charge in [0.05, 0.1) is 11.5 Å². The van der Waals surface area contributed by atoms with E-state index < -0.39 is 9.84 Å². The van der Waals surface area contributed by atoms with E-state index in [0.29, 0.717) is 5.75 Å². The van der Waals surface area contributed by atoms with Gasteiger partial charge < -0.3 is 5.32 Å². The Bertz CT molecular complexity index is 496. The molecule has 1 aromatic carbocycles. The quantitative estimate of drug-likeness (QED) is 0.828. The molecule has 1 aliphatic rings. The minimum Gasteiger partial charge on any atom is -0.309 e. The molecule has 2 atom stereocenters. The summed E-state index contributed by atoms with van der Waals surface area (Å²) in [4.78, 5) is 0. The third-order valence-corrected chi connectivity index (χ3v) is 5.15. The van der Waals surface area contributed by atoms with Crippen LogP contribution in [-0.2, 0) is 9.84 Å². The summed E-state index contributed by atoms with van der Waals surface area (Å²) >= 11 is 0. The predicted molar refractivity (Wildman–Crippen MR) is 69.7 cm³/mol. The first kappa shape index (κ1) is 12.6. The summed E-state index contributed by atoms with van der Waals surface area (Å²) in [6.07, 6.45) is 0. The molecule has 1 aromatic rings. The van der Waals surface area contributed by atoms with Crippen LogP contribution >= 0.6 is 0 Å². The summed E-state index contributed by atoms with van der Waals surface area (Å²) in [6, 6.07) is 7.92. The van der Waals surface area contributed by atoms with Crippen LogP contribution in [0, 0.1) is 12.8 Å². The Kier molecular flexibility index (Phi) is 3.54. The number of sulfone groups is 1. The molecular formula is C13H19NO2S. The van der Waals surface area contributed by atoms with E-state index in [4.69, 9.17) is 0 Å². The van der Waals surface area contributed by atoms with E-state index in [1.54, 1.807) is 0 Å². The van der Waals surface area contributed by atoms with Gasteiger partial charge in [0.25, 0.3) is 0 Å². The maximum absolute atomic E-state index is 11.9. The Hall–Kier alpha value is -0.870. The van der Waals surface area contributed by atoms with Crippen LogP contribution in [0.25, 0.3) is 0 Å². The molecule has 1 heterocycles. The molecule has 0 amide bonds. The van der Waals surface area contributed by atoms with Crippen LogP contribution in [-0.4, -0.2) is 26.5 Å². The predicted octanol–water partition coefficient (Wildman–Crippen LogP) is 1.69. The lowest BCUT2D eigenvalue weighted by molar-refractivity contribution is 0.516. The molecule has 94 valence electrons. The van der Waals surface area contributed by atoms with Crippen molar-refractivity contribution in [1.29, 1.82) is 0 Å². The lowest BCUT2D eigenvalue weighted by atomic mass is 10.0. The van der Waals surface area contributed by atoms with Gasteiger partial charge in [0.15, 0.2) is 9.84 Å². The van der Waals surface area contributed by atoms with Crippen LogP contribution in [0.5, 0.6) is 0 Å². The highest BCUT2D eigenvalue weighted by molar-refractivity contribution is 7.91. The molecule has 1 aliphatic heterocycles. The van der Waals surface area contributed by atoms with Gasteiger partial charge in [-0.05, 0) is 30.5 Å². The molecular weight excluding hydrogens is 234 g/mol. The second kappa shape index (κ2) is 4.78. The Morgan fingerprint density at radius 2 is 1.94 bits per heavy atom. The van der Waals surface area contributed by atoms with Gasteiger partial charge in [0, 0.05) is 6.04 Å². The minimum atomic E-state index is -2.94. The van der Waals surface area contributed by atoms with Gasteiger partial charge in [-0.3, -0.25) is 0 Å². The van der Waals surface area contributed by atoms with Gasteiger partial charge in [-0.1, -0.05) is 31.2 Å². The highest BCUT2D eigenvalue weighted by atomic mass is 32.2. The zero-order valence-electron chi connectivity index (χ0n) is 10.3. The highest BCUT2D eigenvalue weighted by Crippen LogP contribution is 2.22. The van der Waals surface area contributed by atoms with Crippen molar-refractivity contribution < 1.29 is 8.42 Å². The van der Waals surface area contributed by atoms with Gasteiger partial charge >= 0.3 is 0 Å². The molecule has 17 heavy (non-hydrogen) atoms. The van der Waals surface area contributed by atoms with Crippen LogP contribution in [0.4, 0.5) is 0 Å². The maximum atomic E-state index is 11.9. The Morgan fingerprint density at radius 3 is 2.65 bits per heavy atom. The molecule has 4 heteroatoms. The summed E-state index contributed by atoms with van der Waals surface area (Å²) in [5.41, 5.74) is 2.25. The average Bonchev–Trinajstić information content (AvgIpc) is 2.37. The summed E-state index contributed by atoms with van der Waals surface area (Å²) in [5.74, 6) is 0.693. The van der Waals surface area contributed by atoms with Gasteiger partial charge in [0.1, 0.15) is 0 Å². The highest BCUT2D eigenvalue weighted by Gasteiger charge is 2.27. The van der Waals surface area contributed by atoms with Crippen molar-refractivity contribution in [2.75, 3.05) is 18.1 Å². The van der Waals surface area contributed by atoms with E-state index in [2.05, 4.69) is 5.32 Å². The van der Waals surface area contributed by atoms with Crippen LogP contribution in [0.15, 0.2) is 24.3 Å². The van der Waals surface area contributed by atoms with E-state index >= 15 is 0 Å². The van der Waals surface area contributed by atoms with Crippen molar-refractivity contribution >= 4 is 9.84 Å². The summed E-state index contributed by atoms with van der Waals surface area (Å²) in [7, 11) is -2.94. The first-order valence-electron chi connectivity index (χ1n) is 5.97. The number of benzene rings is 1. The third-order valence-electron chi connectivity index (χ3n) is 3.24. The summed E-state index contributed by atoms with van der Waals surface area (Å²) < 4.78 is 23.9. The molecule has 1 N–H and O–H groups in total. The number of aryl methyl sites for hydroxylation is 1. The van der Waals surface area contributed by atoms with Gasteiger partial charge in [-0.2, -0.15) is 0 Å². The number of hydrogen-bond donors (Lipinski definition) is 1. The Morgan fingerprint density at radius 1 is 1.24 bits per heavy atom. The fourth-order valence-electron chi connectivity index (χ4n) is 2.39. The zero-order valence-corrected chi connectivity index (χ0v) is 11.1. The standard InChI is InChI=1S/C13H19NO2S/c1-10-7-14-13(9-17(15,16)8-10)12-6-4-3-5-11(12)2/h3-6,10,13-14H,7-9H2,1-2H3. The molecule has 1 saturated heterocycles. The summed E-state index contributed by atoms with van der Waals surface area (Å²) in [5, 5.41) is 3.36. The van der Waals surface area contributed by atoms with Gasteiger partial charge in [-0.15, -0.1) is 0 Å². The van der Waals surface area contributed by atoms with E-state index in [1.807, 2.05) is 38.1 Å². The van der Waals surface area contributed by atoms with E-state index in [-0.39, 0.29) is 17.7 Å². The summed E-state index contributed by atoms with van der Waals surface area (Å²) in [6.45, 7) is 4.76. The molecule has 0 bridgehead atoms. The second-order valence-electron chi connectivity index (χ2n) is 5.00. The van der Waals surface area contributed by atoms with Gasteiger partial charge in [-0.25, -0.2) is 8.42 Å². The maximum Gasteiger partial charge on any atom is 0.152 e. The average molecular weight is 253 g/mol.